The maximum absolute atomic E-state index is 11.1. The Morgan fingerprint density at radius 3 is 2.35 bits per heavy atom. The quantitative estimate of drug-likeness (QED) is 0.494. The van der Waals surface area contributed by atoms with Gasteiger partial charge in [0, 0.05) is 19.8 Å². The molecule has 3 atom stereocenters. The molecule has 0 spiro atoms. The van der Waals surface area contributed by atoms with E-state index in [1.807, 2.05) is 0 Å². The summed E-state index contributed by atoms with van der Waals surface area (Å²) in [6, 6.07) is 0. The molecule has 0 aromatic heterocycles. The van der Waals surface area contributed by atoms with Crippen LogP contribution in [0.4, 0.5) is 0 Å². The summed E-state index contributed by atoms with van der Waals surface area (Å²) in [5.41, 5.74) is 0. The highest BCUT2D eigenvalue weighted by Crippen LogP contribution is 2.38. The van der Waals surface area contributed by atoms with Gasteiger partial charge in [0.1, 0.15) is 6.10 Å². The first-order chi connectivity index (χ1) is 9.01. The van der Waals surface area contributed by atoms with Crippen LogP contribution in [-0.2, 0) is 14.0 Å². The standard InChI is InChI=1S/C15H28O4Si/c1-11(16)18-13-8-7-12(17)9-14(10-13)19-20(5,6)15(2,3)4/h7-8,12-14,17H,9-10H2,1-6H3/t12-,13+,14-/m0/s1. The third kappa shape index (κ3) is 5.03. The molecule has 0 fully saturated rings. The largest absolute Gasteiger partial charge is 0.458 e. The number of ether oxygens (including phenoxy) is 1. The van der Waals surface area contributed by atoms with Gasteiger partial charge >= 0.3 is 5.97 Å². The zero-order valence-corrected chi connectivity index (χ0v) is 14.5. The molecular formula is C15H28O4Si. The molecule has 1 N–H and O–H groups in total. The molecule has 0 aromatic rings. The van der Waals surface area contributed by atoms with Gasteiger partial charge in [0.15, 0.2) is 8.32 Å². The first kappa shape index (κ1) is 17.4. The molecule has 20 heavy (non-hydrogen) atoms. The van der Waals surface area contributed by atoms with Crippen LogP contribution in [0.2, 0.25) is 18.1 Å². The molecule has 0 aromatic carbocycles. The summed E-state index contributed by atoms with van der Waals surface area (Å²) in [6.45, 7) is 12.4. The summed E-state index contributed by atoms with van der Waals surface area (Å²) in [5, 5.41) is 10.0. The van der Waals surface area contributed by atoms with E-state index in [1.165, 1.54) is 6.92 Å². The normalized spacial score (nSPS) is 28.1. The van der Waals surface area contributed by atoms with E-state index in [0.29, 0.717) is 12.8 Å². The summed E-state index contributed by atoms with van der Waals surface area (Å²) in [5.74, 6) is -0.304. The van der Waals surface area contributed by atoms with Crippen molar-refractivity contribution in [1.29, 1.82) is 0 Å². The van der Waals surface area contributed by atoms with Gasteiger partial charge < -0.3 is 14.3 Å². The minimum atomic E-state index is -1.89. The average Bonchev–Trinajstić information content (AvgIpc) is 2.37. The van der Waals surface area contributed by atoms with Gasteiger partial charge in [-0.15, -0.1) is 0 Å². The second-order valence-corrected chi connectivity index (χ2v) is 11.8. The number of aliphatic hydroxyl groups excluding tert-OH is 1. The van der Waals surface area contributed by atoms with Crippen LogP contribution >= 0.6 is 0 Å². The number of aliphatic hydroxyl groups is 1. The van der Waals surface area contributed by atoms with Crippen molar-refractivity contribution < 1.29 is 19.1 Å². The van der Waals surface area contributed by atoms with Gasteiger partial charge in [-0.3, -0.25) is 4.79 Å². The maximum Gasteiger partial charge on any atom is 0.303 e. The zero-order chi connectivity index (χ0) is 15.6. The Kier molecular flexibility index (Phi) is 5.58. The zero-order valence-electron chi connectivity index (χ0n) is 13.5. The predicted molar refractivity (Wildman–Crippen MR) is 82.0 cm³/mol. The van der Waals surface area contributed by atoms with E-state index < -0.39 is 14.4 Å². The van der Waals surface area contributed by atoms with Crippen molar-refractivity contribution in [3.8, 4) is 0 Å². The van der Waals surface area contributed by atoms with Crippen molar-refractivity contribution in [1.82, 2.24) is 0 Å². The van der Waals surface area contributed by atoms with Gasteiger partial charge in [-0.1, -0.05) is 26.8 Å². The van der Waals surface area contributed by atoms with Crippen molar-refractivity contribution in [2.45, 2.75) is 77.0 Å². The molecule has 116 valence electrons. The lowest BCUT2D eigenvalue weighted by molar-refractivity contribution is -0.145. The van der Waals surface area contributed by atoms with Crippen LogP contribution in [-0.4, -0.2) is 37.7 Å². The number of hydrogen-bond donors (Lipinski definition) is 1. The van der Waals surface area contributed by atoms with Gasteiger partial charge in [0.2, 0.25) is 0 Å². The number of esters is 1. The van der Waals surface area contributed by atoms with Crippen LogP contribution in [0.5, 0.6) is 0 Å². The molecule has 1 aliphatic rings. The van der Waals surface area contributed by atoms with Crippen LogP contribution in [0.3, 0.4) is 0 Å². The monoisotopic (exact) mass is 300 g/mol. The molecule has 0 heterocycles. The van der Waals surface area contributed by atoms with E-state index in [1.54, 1.807) is 12.2 Å². The van der Waals surface area contributed by atoms with Gasteiger partial charge in [0.05, 0.1) is 12.2 Å². The smallest absolute Gasteiger partial charge is 0.303 e. The molecule has 0 aliphatic heterocycles. The molecule has 1 rings (SSSR count). The summed E-state index contributed by atoms with van der Waals surface area (Å²) < 4.78 is 11.6. The summed E-state index contributed by atoms with van der Waals surface area (Å²) in [6.07, 6.45) is 3.71. The van der Waals surface area contributed by atoms with Crippen LogP contribution in [0.15, 0.2) is 12.2 Å². The molecule has 4 nitrogen and oxygen atoms in total. The second kappa shape index (κ2) is 6.41. The molecule has 0 bridgehead atoms. The number of carbonyl (C=O) groups is 1. The summed E-state index contributed by atoms with van der Waals surface area (Å²) >= 11 is 0. The van der Waals surface area contributed by atoms with Gasteiger partial charge in [-0.05, 0) is 24.2 Å². The lowest BCUT2D eigenvalue weighted by Gasteiger charge is -2.39. The van der Waals surface area contributed by atoms with Crippen molar-refractivity contribution in [3.63, 3.8) is 0 Å². The Labute approximate surface area is 123 Å². The van der Waals surface area contributed by atoms with Crippen LogP contribution in [0, 0.1) is 0 Å². The molecule has 5 heteroatoms. The lowest BCUT2D eigenvalue weighted by Crippen LogP contribution is -2.45. The maximum atomic E-state index is 11.1. The van der Waals surface area contributed by atoms with E-state index in [9.17, 15) is 9.90 Å². The predicted octanol–water partition coefficient (Wildman–Crippen LogP) is 3.02. The van der Waals surface area contributed by atoms with Gasteiger partial charge in [-0.2, -0.15) is 0 Å². The Morgan fingerprint density at radius 2 is 1.85 bits per heavy atom. The van der Waals surface area contributed by atoms with Crippen LogP contribution in [0.1, 0.15) is 40.5 Å². The minimum Gasteiger partial charge on any atom is -0.458 e. The Hall–Kier alpha value is -0.653. The summed E-state index contributed by atoms with van der Waals surface area (Å²) in [4.78, 5) is 11.1. The third-order valence-corrected chi connectivity index (χ3v) is 8.67. The molecule has 0 radical (unpaired) electrons. The van der Waals surface area contributed by atoms with E-state index in [4.69, 9.17) is 9.16 Å². The van der Waals surface area contributed by atoms with Crippen LogP contribution in [0.25, 0.3) is 0 Å². The molecule has 0 saturated heterocycles. The number of carbonyl (C=O) groups excluding carboxylic acids is 1. The third-order valence-electron chi connectivity index (χ3n) is 4.13. The average molecular weight is 300 g/mol. The van der Waals surface area contributed by atoms with E-state index in [2.05, 4.69) is 33.9 Å². The highest BCUT2D eigenvalue weighted by molar-refractivity contribution is 6.74. The molecule has 1 aliphatic carbocycles. The number of hydrogen-bond acceptors (Lipinski definition) is 4. The number of rotatable bonds is 3. The Balaban J connectivity index is 2.76. The molecule has 0 saturated carbocycles. The van der Waals surface area contributed by atoms with Crippen LogP contribution < -0.4 is 0 Å². The van der Waals surface area contributed by atoms with Crippen molar-refractivity contribution >= 4 is 14.3 Å². The minimum absolute atomic E-state index is 0.0785. The summed E-state index contributed by atoms with van der Waals surface area (Å²) in [7, 11) is -1.89. The highest BCUT2D eigenvalue weighted by atomic mass is 28.4. The SMILES string of the molecule is CC(=O)O[C@@H]1C=C[C@H](O)C[C@H](O[Si](C)(C)C(C)(C)C)C1. The van der Waals surface area contributed by atoms with Crippen molar-refractivity contribution in [3.05, 3.63) is 12.2 Å². The van der Waals surface area contributed by atoms with Gasteiger partial charge in [0.25, 0.3) is 0 Å². The molecule has 0 unspecified atom stereocenters. The topological polar surface area (TPSA) is 55.8 Å². The Morgan fingerprint density at radius 1 is 1.25 bits per heavy atom. The van der Waals surface area contributed by atoms with Gasteiger partial charge in [-0.25, -0.2) is 0 Å². The van der Waals surface area contributed by atoms with Crippen molar-refractivity contribution in [2.24, 2.45) is 0 Å². The van der Waals surface area contributed by atoms with Crippen molar-refractivity contribution in [2.75, 3.05) is 0 Å². The second-order valence-electron chi connectivity index (χ2n) is 7.07. The fourth-order valence-corrected chi connectivity index (χ4v) is 3.40. The Bertz CT molecular complexity index is 371. The van der Waals surface area contributed by atoms with E-state index >= 15 is 0 Å². The van der Waals surface area contributed by atoms with E-state index in [0.717, 1.165) is 0 Å². The lowest BCUT2D eigenvalue weighted by atomic mass is 10.1. The first-order valence-corrected chi connectivity index (χ1v) is 10.1. The molecular weight excluding hydrogens is 272 g/mol. The van der Waals surface area contributed by atoms with E-state index in [-0.39, 0.29) is 23.2 Å². The first-order valence-electron chi connectivity index (χ1n) is 7.22. The fraction of sp³-hybridized carbons (Fsp3) is 0.800. The molecule has 0 amide bonds. The fourth-order valence-electron chi connectivity index (χ4n) is 2.02. The highest BCUT2D eigenvalue weighted by Gasteiger charge is 2.40.